The second-order valence-electron chi connectivity index (χ2n) is 5.18. The molecule has 1 atom stereocenters. The fraction of sp³-hybridized carbons (Fsp3) is 0.615. The van der Waals surface area contributed by atoms with Crippen molar-refractivity contribution in [3.63, 3.8) is 0 Å². The van der Waals surface area contributed by atoms with E-state index < -0.39 is 10.0 Å². The number of aryl methyl sites for hydroxylation is 1. The average molecular weight is 298 g/mol. The highest BCUT2D eigenvalue weighted by Gasteiger charge is 2.27. The van der Waals surface area contributed by atoms with E-state index in [1.807, 2.05) is 25.3 Å². The summed E-state index contributed by atoms with van der Waals surface area (Å²) in [7, 11) is -3.09. The third kappa shape index (κ3) is 3.54. The van der Waals surface area contributed by atoms with Gasteiger partial charge in [0.15, 0.2) is 0 Å². The van der Waals surface area contributed by atoms with Crippen LogP contribution in [0.2, 0.25) is 0 Å². The van der Waals surface area contributed by atoms with Gasteiger partial charge in [-0.05, 0) is 18.6 Å². The number of nitrogens with two attached hydrogens (primary N) is 1. The van der Waals surface area contributed by atoms with Crippen molar-refractivity contribution in [3.8, 4) is 0 Å². The van der Waals surface area contributed by atoms with Gasteiger partial charge in [0.2, 0.25) is 10.0 Å². The van der Waals surface area contributed by atoms with Gasteiger partial charge in [-0.1, -0.05) is 6.07 Å². The van der Waals surface area contributed by atoms with Gasteiger partial charge in [0.1, 0.15) is 0 Å². The van der Waals surface area contributed by atoms with Gasteiger partial charge in [0, 0.05) is 50.7 Å². The number of pyridine rings is 1. The fourth-order valence-corrected chi connectivity index (χ4v) is 3.35. The van der Waals surface area contributed by atoms with Crippen LogP contribution in [0.25, 0.3) is 0 Å². The quantitative estimate of drug-likeness (QED) is 0.844. The molecule has 1 unspecified atom stereocenters. The molecule has 1 aromatic rings. The van der Waals surface area contributed by atoms with Gasteiger partial charge in [0.05, 0.1) is 6.26 Å². The normalized spacial score (nSPS) is 19.9. The number of hydrogen-bond donors (Lipinski definition) is 1. The summed E-state index contributed by atoms with van der Waals surface area (Å²) in [5, 5.41) is 0. The summed E-state index contributed by atoms with van der Waals surface area (Å²) in [5.74, 6) is 0. The molecule has 1 aliphatic rings. The predicted molar refractivity (Wildman–Crippen MR) is 78.8 cm³/mol. The molecule has 112 valence electrons. The molecule has 2 heterocycles. The number of piperazine rings is 1. The Kier molecular flexibility index (Phi) is 4.74. The van der Waals surface area contributed by atoms with E-state index >= 15 is 0 Å². The minimum atomic E-state index is -3.09. The minimum absolute atomic E-state index is 0.102. The van der Waals surface area contributed by atoms with E-state index in [1.165, 1.54) is 10.6 Å². The van der Waals surface area contributed by atoms with Gasteiger partial charge in [0.25, 0.3) is 0 Å². The van der Waals surface area contributed by atoms with E-state index in [0.29, 0.717) is 32.7 Å². The van der Waals surface area contributed by atoms with Gasteiger partial charge in [-0.3, -0.25) is 9.88 Å². The molecular weight excluding hydrogens is 276 g/mol. The molecule has 1 aromatic heterocycles. The third-order valence-electron chi connectivity index (χ3n) is 3.73. The van der Waals surface area contributed by atoms with Crippen molar-refractivity contribution >= 4 is 10.0 Å². The van der Waals surface area contributed by atoms with Crippen LogP contribution in [0.3, 0.4) is 0 Å². The van der Waals surface area contributed by atoms with Crippen LogP contribution >= 0.6 is 0 Å². The molecule has 7 heteroatoms. The Morgan fingerprint density at radius 1 is 1.30 bits per heavy atom. The lowest BCUT2D eigenvalue weighted by molar-refractivity contribution is 0.140. The lowest BCUT2D eigenvalue weighted by Gasteiger charge is -2.38. The molecule has 1 aliphatic heterocycles. The van der Waals surface area contributed by atoms with Crippen LogP contribution in [0.4, 0.5) is 0 Å². The van der Waals surface area contributed by atoms with Gasteiger partial charge in [-0.25, -0.2) is 8.42 Å². The smallest absolute Gasteiger partial charge is 0.211 e. The van der Waals surface area contributed by atoms with E-state index in [2.05, 4.69) is 9.88 Å². The first kappa shape index (κ1) is 15.4. The first-order chi connectivity index (χ1) is 9.41. The molecule has 0 bridgehead atoms. The van der Waals surface area contributed by atoms with Crippen molar-refractivity contribution in [2.75, 3.05) is 39.0 Å². The topological polar surface area (TPSA) is 79.5 Å². The first-order valence-corrected chi connectivity index (χ1v) is 8.58. The molecule has 2 rings (SSSR count). The van der Waals surface area contributed by atoms with Gasteiger partial charge < -0.3 is 5.73 Å². The number of sulfonamides is 1. The minimum Gasteiger partial charge on any atom is -0.329 e. The molecule has 0 amide bonds. The summed E-state index contributed by atoms with van der Waals surface area (Å²) in [6, 6.07) is 4.12. The van der Waals surface area contributed by atoms with Crippen LogP contribution < -0.4 is 5.73 Å². The Hall–Kier alpha value is -1.02. The Labute approximate surface area is 120 Å². The maximum absolute atomic E-state index is 11.5. The van der Waals surface area contributed by atoms with Gasteiger partial charge >= 0.3 is 0 Å². The molecular formula is C13H22N4O2S. The van der Waals surface area contributed by atoms with Crippen LogP contribution in [-0.4, -0.2) is 61.6 Å². The van der Waals surface area contributed by atoms with Crippen LogP contribution in [-0.2, 0) is 10.0 Å². The van der Waals surface area contributed by atoms with Gasteiger partial charge in [-0.15, -0.1) is 0 Å². The standard InChI is InChI=1S/C13H22N4O2S/c1-11-3-4-12(10-15-11)13(9-14)16-5-7-17(8-6-16)20(2,18)19/h3-4,10,13H,5-9,14H2,1-2H3. The highest BCUT2D eigenvalue weighted by atomic mass is 32.2. The number of rotatable bonds is 4. The van der Waals surface area contributed by atoms with Crippen LogP contribution in [0.5, 0.6) is 0 Å². The molecule has 0 aliphatic carbocycles. The Morgan fingerprint density at radius 2 is 1.95 bits per heavy atom. The lowest BCUT2D eigenvalue weighted by Crippen LogP contribution is -2.50. The average Bonchev–Trinajstić information content (AvgIpc) is 2.41. The van der Waals surface area contributed by atoms with Crippen LogP contribution in [0, 0.1) is 6.92 Å². The van der Waals surface area contributed by atoms with Crippen molar-refractivity contribution in [2.45, 2.75) is 13.0 Å². The van der Waals surface area contributed by atoms with Crippen molar-refractivity contribution in [1.29, 1.82) is 0 Å². The van der Waals surface area contributed by atoms with E-state index in [-0.39, 0.29) is 6.04 Å². The first-order valence-electron chi connectivity index (χ1n) is 6.73. The van der Waals surface area contributed by atoms with E-state index in [0.717, 1.165) is 11.3 Å². The monoisotopic (exact) mass is 298 g/mol. The second-order valence-corrected chi connectivity index (χ2v) is 7.16. The molecule has 6 nitrogen and oxygen atoms in total. The summed E-state index contributed by atoms with van der Waals surface area (Å²) in [4.78, 5) is 6.54. The zero-order valence-electron chi connectivity index (χ0n) is 12.0. The Bertz CT molecular complexity index is 536. The molecule has 20 heavy (non-hydrogen) atoms. The predicted octanol–water partition coefficient (Wildman–Crippen LogP) is -0.0330. The summed E-state index contributed by atoms with van der Waals surface area (Å²) in [6.45, 7) is 4.89. The van der Waals surface area contributed by atoms with Crippen LogP contribution in [0.1, 0.15) is 17.3 Å². The largest absolute Gasteiger partial charge is 0.329 e. The highest BCUT2D eigenvalue weighted by molar-refractivity contribution is 7.88. The number of hydrogen-bond acceptors (Lipinski definition) is 5. The zero-order valence-corrected chi connectivity index (χ0v) is 12.8. The summed E-state index contributed by atoms with van der Waals surface area (Å²) in [6.07, 6.45) is 3.11. The lowest BCUT2D eigenvalue weighted by atomic mass is 10.1. The maximum Gasteiger partial charge on any atom is 0.211 e. The molecule has 0 radical (unpaired) electrons. The second kappa shape index (κ2) is 6.17. The SMILES string of the molecule is Cc1ccc(C(CN)N2CCN(S(C)(=O)=O)CC2)cn1. The molecule has 0 aromatic carbocycles. The maximum atomic E-state index is 11.5. The van der Waals surface area contributed by atoms with Crippen molar-refractivity contribution in [2.24, 2.45) is 5.73 Å². The van der Waals surface area contributed by atoms with Crippen molar-refractivity contribution < 1.29 is 8.42 Å². The molecule has 2 N–H and O–H groups in total. The van der Waals surface area contributed by atoms with E-state index in [1.54, 1.807) is 0 Å². The molecule has 1 fully saturated rings. The third-order valence-corrected chi connectivity index (χ3v) is 5.03. The summed E-state index contributed by atoms with van der Waals surface area (Å²) in [5.41, 5.74) is 7.96. The fourth-order valence-electron chi connectivity index (χ4n) is 2.52. The van der Waals surface area contributed by atoms with Crippen molar-refractivity contribution in [3.05, 3.63) is 29.6 Å². The summed E-state index contributed by atoms with van der Waals surface area (Å²) >= 11 is 0. The van der Waals surface area contributed by atoms with E-state index in [4.69, 9.17) is 5.73 Å². The Morgan fingerprint density at radius 3 is 2.40 bits per heavy atom. The zero-order chi connectivity index (χ0) is 14.8. The number of nitrogens with zero attached hydrogens (tertiary/aromatic N) is 3. The highest BCUT2D eigenvalue weighted by Crippen LogP contribution is 2.21. The number of aromatic nitrogens is 1. The molecule has 0 saturated carbocycles. The van der Waals surface area contributed by atoms with Crippen LogP contribution in [0.15, 0.2) is 18.3 Å². The van der Waals surface area contributed by atoms with Gasteiger partial charge in [-0.2, -0.15) is 4.31 Å². The van der Waals surface area contributed by atoms with Crippen molar-refractivity contribution in [1.82, 2.24) is 14.2 Å². The summed E-state index contributed by atoms with van der Waals surface area (Å²) < 4.78 is 24.5. The van der Waals surface area contributed by atoms with E-state index in [9.17, 15) is 8.42 Å². The molecule has 0 spiro atoms. The Balaban J connectivity index is 2.06. The molecule has 1 saturated heterocycles.